The highest BCUT2D eigenvalue weighted by molar-refractivity contribution is 7.87. The Hall–Kier alpha value is -6.55. The molecule has 2 aliphatic rings. The minimum absolute atomic E-state index is 0.0403. The Labute approximate surface area is 480 Å². The molecule has 5 aromatic carbocycles. The largest absolute Gasteiger partial charge is 0.352 e. The van der Waals surface area contributed by atoms with Crippen LogP contribution in [0.15, 0.2) is 135 Å². The van der Waals surface area contributed by atoms with Gasteiger partial charge in [0.25, 0.3) is 66.6 Å². The Morgan fingerprint density at radius 1 is 0.602 bits per heavy atom. The first-order valence-corrected chi connectivity index (χ1v) is 34.0. The van der Waals surface area contributed by atoms with E-state index in [2.05, 4.69) is 17.2 Å². The van der Waals surface area contributed by atoms with Crippen LogP contribution in [0, 0.1) is 0 Å². The third-order valence-corrected chi connectivity index (χ3v) is 19.2. The normalized spacial score (nSPS) is 16.3. The zero-order valence-electron chi connectivity index (χ0n) is 45.1. The Morgan fingerprint density at radius 3 is 1.63 bits per heavy atom. The summed E-state index contributed by atoms with van der Waals surface area (Å²) >= 11 is 0. The van der Waals surface area contributed by atoms with Crippen LogP contribution in [0.25, 0.3) is 27.1 Å². The molecule has 0 spiro atoms. The second-order valence-corrected chi connectivity index (χ2v) is 29.6. The van der Waals surface area contributed by atoms with Gasteiger partial charge in [-0.05, 0) is 122 Å². The van der Waals surface area contributed by atoms with Crippen molar-refractivity contribution in [3.05, 3.63) is 137 Å². The maximum absolute atomic E-state index is 13.4. The summed E-state index contributed by atoms with van der Waals surface area (Å²) in [7, 11) is -29.6. The summed E-state index contributed by atoms with van der Waals surface area (Å²) in [4.78, 5) is 23.5. The molecule has 446 valence electrons. The molecule has 8 N–H and O–H groups in total. The Morgan fingerprint density at radius 2 is 1.11 bits per heavy atom. The average Bonchev–Trinajstić information content (AvgIpc) is 1.73. The number of amides is 2. The second kappa shape index (κ2) is 23.1. The second-order valence-electron chi connectivity index (χ2n) is 20.8. The summed E-state index contributed by atoms with van der Waals surface area (Å²) in [6.45, 7) is 12.0. The van der Waals surface area contributed by atoms with Crippen molar-refractivity contribution in [2.45, 2.75) is 84.3 Å². The smallest absolute Gasteiger partial charge is 0.295 e. The number of benzene rings is 5. The average molecular weight is 1260 g/mol. The van der Waals surface area contributed by atoms with Gasteiger partial charge in [0.05, 0.1) is 26.7 Å². The van der Waals surface area contributed by atoms with Gasteiger partial charge < -0.3 is 15.5 Å². The van der Waals surface area contributed by atoms with Crippen molar-refractivity contribution in [1.29, 1.82) is 0 Å². The number of hydrogen-bond donors (Lipinski definition) is 8. The number of allylic oxidation sites excluding steroid dienone is 6. The van der Waals surface area contributed by atoms with Crippen molar-refractivity contribution in [3.63, 3.8) is 0 Å². The Kier molecular flexibility index (Phi) is 17.8. The van der Waals surface area contributed by atoms with E-state index in [1.165, 1.54) is 36.4 Å². The van der Waals surface area contributed by atoms with Crippen LogP contribution in [0.1, 0.15) is 80.9 Å². The monoisotopic (exact) mass is 1260 g/mol. The van der Waals surface area contributed by atoms with E-state index in [1.54, 1.807) is 80.5 Å². The van der Waals surface area contributed by atoms with Gasteiger partial charge >= 0.3 is 0 Å². The van der Waals surface area contributed by atoms with Crippen LogP contribution in [0.3, 0.4) is 0 Å². The van der Waals surface area contributed by atoms with Gasteiger partial charge in [-0.25, -0.2) is 0 Å². The molecule has 0 radical (unpaired) electrons. The van der Waals surface area contributed by atoms with E-state index >= 15 is 0 Å². The summed E-state index contributed by atoms with van der Waals surface area (Å²) in [5.74, 6) is -2.24. The lowest BCUT2D eigenvalue weighted by Gasteiger charge is -2.27. The molecule has 0 fully saturated rings. The lowest BCUT2D eigenvalue weighted by molar-refractivity contribution is -0.437. The van der Waals surface area contributed by atoms with Crippen molar-refractivity contribution in [1.82, 2.24) is 10.6 Å². The fourth-order valence-corrected chi connectivity index (χ4v) is 14.1. The molecule has 0 aliphatic carbocycles. The number of carbonyl (C=O) groups excluding carboxylic acids is 2. The lowest BCUT2D eigenvalue weighted by atomic mass is 9.78. The van der Waals surface area contributed by atoms with Gasteiger partial charge in [0, 0.05) is 82.5 Å². The van der Waals surface area contributed by atoms with Crippen LogP contribution < -0.4 is 15.5 Å². The first-order valence-electron chi connectivity index (χ1n) is 25.0. The summed E-state index contributed by atoms with van der Waals surface area (Å²) in [6, 6.07) is 15.0. The van der Waals surface area contributed by atoms with Gasteiger partial charge in [-0.3, -0.25) is 36.9 Å². The Bertz CT molecular complexity index is 4420. The minimum Gasteiger partial charge on any atom is -0.352 e. The highest BCUT2D eigenvalue weighted by Crippen LogP contribution is 2.52. The van der Waals surface area contributed by atoms with Crippen molar-refractivity contribution < 1.29 is 92.0 Å². The quantitative estimate of drug-likeness (QED) is 0.0129. The molecule has 5 aromatic rings. The molecule has 2 aliphatic heterocycles. The molecule has 0 bridgehead atoms. The Balaban J connectivity index is 1.46. The van der Waals surface area contributed by atoms with Crippen LogP contribution in [0.4, 0.5) is 11.4 Å². The number of nitrogens with zero attached hydrogens (tertiary/aromatic N) is 2. The molecule has 30 heteroatoms. The van der Waals surface area contributed by atoms with Crippen LogP contribution in [-0.4, -0.2) is 138 Å². The van der Waals surface area contributed by atoms with Gasteiger partial charge in [0.1, 0.15) is 16.3 Å². The van der Waals surface area contributed by atoms with E-state index in [0.29, 0.717) is 58.0 Å². The van der Waals surface area contributed by atoms with Crippen LogP contribution in [-0.2, 0) is 76.3 Å². The molecule has 24 nitrogen and oxygen atoms in total. The first-order chi connectivity index (χ1) is 38.1. The molecule has 0 saturated carbocycles. The molecule has 0 atom stereocenters. The topological polar surface area (TPSA) is 391 Å². The lowest BCUT2D eigenvalue weighted by Crippen LogP contribution is -2.30. The fraction of sp³-hybridized carbons (Fsp3) is 0.302. The van der Waals surface area contributed by atoms with Crippen molar-refractivity contribution in [3.8, 4) is 0 Å². The molecular weight excluding hydrogens is 1200 g/mol. The first kappa shape index (κ1) is 64.0. The van der Waals surface area contributed by atoms with E-state index in [1.807, 2.05) is 0 Å². The predicted molar refractivity (Wildman–Crippen MR) is 309 cm³/mol. The number of fused-ring (bicyclic) bond motifs is 6. The number of rotatable bonds is 22. The van der Waals surface area contributed by atoms with Gasteiger partial charge in [0.2, 0.25) is 11.6 Å². The number of anilines is 1. The zero-order chi connectivity index (χ0) is 61.8. The van der Waals surface area contributed by atoms with E-state index in [4.69, 9.17) is 0 Å². The maximum Gasteiger partial charge on any atom is 0.295 e. The van der Waals surface area contributed by atoms with Crippen LogP contribution >= 0.6 is 0 Å². The highest BCUT2D eigenvalue weighted by Gasteiger charge is 2.47. The standard InChI is InChI=1S/C53H58N4O20S6/c1-32(2)50(58)54-22-7-23-55-51(59)35-12-10-33(11-13-35)34(14-20-46-52(3,4)48-40-28-36(80(66,67)68)30-44(82(72,73)74)38(40)16-18-42(48)56(46)24-8-26-78(60,61)62)15-21-47-53(5,6)49-41-29-37(81(69,70)71)31-45(83(75,76)77)39(41)17-19-43(49)57(47)25-9-27-79(63,64)65/h10-21,28-31H,1,7-9,22-27H2,2-6H3,(H7-,54,55,58,59,60,61,62,63,64,65,66,67,68,69,70,71,72,73,74,75,76,77)/p+1. The molecule has 0 aromatic heterocycles. The van der Waals surface area contributed by atoms with Crippen LogP contribution in [0.5, 0.6) is 0 Å². The minimum atomic E-state index is -5.15. The van der Waals surface area contributed by atoms with Gasteiger partial charge in [-0.15, -0.1) is 0 Å². The van der Waals surface area contributed by atoms with Gasteiger partial charge in [-0.1, -0.05) is 44.7 Å². The van der Waals surface area contributed by atoms with Crippen molar-refractivity contribution >= 4 is 117 Å². The molecule has 0 saturated heterocycles. The van der Waals surface area contributed by atoms with E-state index < -0.39 is 109 Å². The fourth-order valence-electron chi connectivity index (χ4n) is 10.4. The molecule has 83 heavy (non-hydrogen) atoms. The zero-order valence-corrected chi connectivity index (χ0v) is 50.0. The number of nitrogens with one attached hydrogen (secondary N) is 2. The molecule has 0 unspecified atom stereocenters. The van der Waals surface area contributed by atoms with E-state index in [-0.39, 0.29) is 83.2 Å². The third kappa shape index (κ3) is 14.2. The van der Waals surface area contributed by atoms with E-state index in [0.717, 1.165) is 12.1 Å². The molecule has 7 rings (SSSR count). The summed E-state index contributed by atoms with van der Waals surface area (Å²) < 4.78 is 212. The van der Waals surface area contributed by atoms with Gasteiger partial charge in [-0.2, -0.15) is 55.1 Å². The third-order valence-electron chi connectivity index (χ3n) is 14.1. The molecule has 2 amide bonds. The number of hydrogen-bond acceptors (Lipinski definition) is 15. The summed E-state index contributed by atoms with van der Waals surface area (Å²) in [5.41, 5.74) is 0.597. The summed E-state index contributed by atoms with van der Waals surface area (Å²) in [5, 5.41) is 5.10. The van der Waals surface area contributed by atoms with Gasteiger partial charge in [0.15, 0.2) is 5.71 Å². The van der Waals surface area contributed by atoms with E-state index in [9.17, 15) is 87.4 Å². The van der Waals surface area contributed by atoms with Crippen molar-refractivity contribution in [2.24, 2.45) is 0 Å². The SMILES string of the molecule is C=C(C)C(=O)NCCCNC(=O)c1ccc(C(=C\C=C2/N(CCCS(=O)(=O)O)c3ccc4c(S(=O)(=O)O)cc(S(=O)(=O)O)cc4c3C2(C)C)/C=C/C2=[N+](CCCS(=O)(=O)O)c3ccc4c(S(=O)(=O)O)cc(S(=O)(=O)O)cc4c3C2(C)C)cc1. The maximum atomic E-state index is 13.4. The highest BCUT2D eigenvalue weighted by atomic mass is 32.2. The van der Waals surface area contributed by atoms with Crippen LogP contribution in [0.2, 0.25) is 0 Å². The van der Waals surface area contributed by atoms with Crippen molar-refractivity contribution in [2.75, 3.05) is 42.6 Å². The molecule has 2 heterocycles. The summed E-state index contributed by atoms with van der Waals surface area (Å²) in [6.07, 6.45) is 6.46. The number of carbonyl (C=O) groups is 2. The molecular formula is C53H59N4O20S6+. The predicted octanol–water partition coefficient (Wildman–Crippen LogP) is 6.05.